The number of carboxylic acids is 1. The number of rotatable bonds is 5. The average molecular weight is 422 g/mol. The first-order chi connectivity index (χ1) is 14.3. The van der Waals surface area contributed by atoms with Gasteiger partial charge in [0, 0.05) is 18.9 Å². The van der Waals surface area contributed by atoms with Crippen LogP contribution in [0.2, 0.25) is 0 Å². The maximum absolute atomic E-state index is 12.7. The van der Waals surface area contributed by atoms with E-state index in [-0.39, 0.29) is 10.6 Å². The zero-order valence-corrected chi connectivity index (χ0v) is 17.0. The second kappa shape index (κ2) is 7.27. The average Bonchev–Trinajstić information content (AvgIpc) is 3.05. The van der Waals surface area contributed by atoms with Gasteiger partial charge in [0.25, 0.3) is 10.0 Å². The maximum atomic E-state index is 12.7. The van der Waals surface area contributed by atoms with Gasteiger partial charge in [0.15, 0.2) is 11.3 Å². The third-order valence-corrected chi connectivity index (χ3v) is 6.08. The summed E-state index contributed by atoms with van der Waals surface area (Å²) in [6.45, 7) is 1.88. The molecule has 8 nitrogen and oxygen atoms in total. The van der Waals surface area contributed by atoms with Gasteiger partial charge in [0.1, 0.15) is 0 Å². The first kappa shape index (κ1) is 19.6. The van der Waals surface area contributed by atoms with E-state index in [1.165, 1.54) is 4.68 Å². The van der Waals surface area contributed by atoms with Crippen molar-refractivity contribution in [2.45, 2.75) is 11.8 Å². The van der Waals surface area contributed by atoms with Crippen molar-refractivity contribution in [2.24, 2.45) is 7.05 Å². The van der Waals surface area contributed by atoms with E-state index >= 15 is 0 Å². The Hall–Kier alpha value is -3.72. The van der Waals surface area contributed by atoms with Crippen LogP contribution in [0.25, 0.3) is 22.2 Å². The molecule has 4 rings (SSSR count). The van der Waals surface area contributed by atoms with Crippen LogP contribution in [0, 0.1) is 6.92 Å². The van der Waals surface area contributed by atoms with E-state index in [0.29, 0.717) is 27.8 Å². The van der Waals surface area contributed by atoms with E-state index in [9.17, 15) is 18.3 Å². The fraction of sp³-hybridized carbons (Fsp3) is 0.0952. The van der Waals surface area contributed by atoms with Gasteiger partial charge < -0.3 is 5.11 Å². The highest BCUT2D eigenvalue weighted by Crippen LogP contribution is 2.31. The Bertz CT molecular complexity index is 1380. The molecule has 0 spiro atoms. The van der Waals surface area contributed by atoms with Gasteiger partial charge in [-0.25, -0.2) is 22.9 Å². The van der Waals surface area contributed by atoms with E-state index in [2.05, 4.69) is 14.8 Å². The number of nitrogens with one attached hydrogen (secondary N) is 1. The van der Waals surface area contributed by atoms with E-state index < -0.39 is 16.0 Å². The monoisotopic (exact) mass is 422 g/mol. The number of hydrogen-bond acceptors (Lipinski definition) is 5. The third kappa shape index (κ3) is 3.50. The summed E-state index contributed by atoms with van der Waals surface area (Å²) in [4.78, 5) is 16.0. The second-order valence-electron chi connectivity index (χ2n) is 6.83. The van der Waals surface area contributed by atoms with Crippen LogP contribution in [0.1, 0.15) is 16.1 Å². The smallest absolute Gasteiger partial charge is 0.357 e. The molecule has 2 heterocycles. The van der Waals surface area contributed by atoms with Crippen molar-refractivity contribution < 1.29 is 18.3 Å². The largest absolute Gasteiger partial charge is 0.476 e. The lowest BCUT2D eigenvalue weighted by atomic mass is 10.0. The molecule has 0 atom stereocenters. The summed E-state index contributed by atoms with van der Waals surface area (Å²) in [6.07, 6.45) is 1.56. The normalized spacial score (nSPS) is 11.5. The van der Waals surface area contributed by atoms with Gasteiger partial charge in [-0.3, -0.25) is 4.72 Å². The maximum Gasteiger partial charge on any atom is 0.357 e. The Balaban J connectivity index is 1.78. The highest BCUT2D eigenvalue weighted by Gasteiger charge is 2.20. The number of fused-ring (bicyclic) bond motifs is 1. The van der Waals surface area contributed by atoms with Crippen molar-refractivity contribution in [3.05, 3.63) is 72.1 Å². The number of aromatic nitrogens is 3. The van der Waals surface area contributed by atoms with Crippen LogP contribution in [0.15, 0.2) is 65.7 Å². The van der Waals surface area contributed by atoms with Gasteiger partial charge in [-0.2, -0.15) is 5.10 Å². The molecule has 0 saturated heterocycles. The van der Waals surface area contributed by atoms with Crippen molar-refractivity contribution >= 4 is 32.7 Å². The standard InChI is InChI=1S/C21H18N4O4S/c1-13-6-8-16(9-7-13)30(28,29)24-15-5-3-4-14(12-15)17-10-11-22-20-18(17)19(21(26)27)23-25(20)2/h3-12,24H,1-2H3,(H,26,27). The number of aryl methyl sites for hydroxylation is 2. The van der Waals surface area contributed by atoms with Crippen LogP contribution in [-0.4, -0.2) is 34.3 Å². The molecule has 2 aromatic carbocycles. The number of carbonyl (C=O) groups is 1. The molecule has 2 aromatic heterocycles. The molecule has 152 valence electrons. The molecule has 0 saturated carbocycles. The van der Waals surface area contributed by atoms with Crippen molar-refractivity contribution in [3.63, 3.8) is 0 Å². The quantitative estimate of drug-likeness (QED) is 0.509. The first-order valence-corrected chi connectivity index (χ1v) is 10.5. The van der Waals surface area contributed by atoms with Crippen molar-refractivity contribution in [1.29, 1.82) is 0 Å². The van der Waals surface area contributed by atoms with Crippen LogP contribution in [0.5, 0.6) is 0 Å². The third-order valence-electron chi connectivity index (χ3n) is 4.68. The minimum absolute atomic E-state index is 0.110. The SMILES string of the molecule is Cc1ccc(S(=O)(=O)Nc2cccc(-c3ccnc4c3c(C(=O)O)nn4C)c2)cc1. The molecule has 0 fully saturated rings. The lowest BCUT2D eigenvalue weighted by molar-refractivity contribution is 0.0691. The molecular weight excluding hydrogens is 404 g/mol. The lowest BCUT2D eigenvalue weighted by Gasteiger charge is -2.11. The van der Waals surface area contributed by atoms with Gasteiger partial charge >= 0.3 is 5.97 Å². The van der Waals surface area contributed by atoms with Gasteiger partial charge in [-0.1, -0.05) is 29.8 Å². The van der Waals surface area contributed by atoms with Gasteiger partial charge in [-0.15, -0.1) is 0 Å². The van der Waals surface area contributed by atoms with Crippen molar-refractivity contribution in [1.82, 2.24) is 14.8 Å². The fourth-order valence-corrected chi connectivity index (χ4v) is 4.30. The molecule has 30 heavy (non-hydrogen) atoms. The minimum Gasteiger partial charge on any atom is -0.476 e. The summed E-state index contributed by atoms with van der Waals surface area (Å²) in [6, 6.07) is 15.0. The number of nitrogens with zero attached hydrogens (tertiary/aromatic N) is 3. The number of pyridine rings is 1. The fourth-order valence-electron chi connectivity index (χ4n) is 3.25. The first-order valence-electron chi connectivity index (χ1n) is 9.01. The van der Waals surface area contributed by atoms with E-state index in [1.807, 2.05) is 6.92 Å². The number of anilines is 1. The Kier molecular flexibility index (Phi) is 4.75. The summed E-state index contributed by atoms with van der Waals surface area (Å²) in [5.74, 6) is -1.16. The molecule has 0 bridgehead atoms. The second-order valence-corrected chi connectivity index (χ2v) is 8.52. The molecule has 2 N–H and O–H groups in total. The zero-order chi connectivity index (χ0) is 21.5. The highest BCUT2D eigenvalue weighted by atomic mass is 32.2. The van der Waals surface area contributed by atoms with Crippen LogP contribution in [0.4, 0.5) is 5.69 Å². The predicted molar refractivity (Wildman–Crippen MR) is 113 cm³/mol. The lowest BCUT2D eigenvalue weighted by Crippen LogP contribution is -2.12. The Labute approximate surface area is 172 Å². The predicted octanol–water partition coefficient (Wildman–Crippen LogP) is 3.44. The van der Waals surface area contributed by atoms with E-state index in [4.69, 9.17) is 0 Å². The van der Waals surface area contributed by atoms with Crippen LogP contribution in [0.3, 0.4) is 0 Å². The molecule has 0 aliphatic heterocycles. The Morgan fingerprint density at radius 2 is 1.83 bits per heavy atom. The van der Waals surface area contributed by atoms with Crippen molar-refractivity contribution in [2.75, 3.05) is 4.72 Å². The number of aromatic carboxylic acids is 1. The molecule has 9 heteroatoms. The molecule has 0 aliphatic rings. The van der Waals surface area contributed by atoms with Crippen molar-refractivity contribution in [3.8, 4) is 11.1 Å². The summed E-state index contributed by atoms with van der Waals surface area (Å²) >= 11 is 0. The molecule has 4 aromatic rings. The Morgan fingerprint density at radius 3 is 2.53 bits per heavy atom. The zero-order valence-electron chi connectivity index (χ0n) is 16.2. The minimum atomic E-state index is -3.76. The van der Waals surface area contributed by atoms with Crippen LogP contribution in [-0.2, 0) is 17.1 Å². The summed E-state index contributed by atoms with van der Waals surface area (Å²) in [5, 5.41) is 14.0. The van der Waals surface area contributed by atoms with E-state index in [0.717, 1.165) is 5.56 Å². The molecule has 0 aliphatic carbocycles. The summed E-state index contributed by atoms with van der Waals surface area (Å²) < 4.78 is 29.4. The number of benzene rings is 2. The molecular formula is C21H18N4O4S. The molecule has 0 amide bonds. The van der Waals surface area contributed by atoms with Crippen LogP contribution >= 0.6 is 0 Å². The van der Waals surface area contributed by atoms with Crippen LogP contribution < -0.4 is 4.72 Å². The molecule has 0 unspecified atom stereocenters. The van der Waals surface area contributed by atoms with Gasteiger partial charge in [0.05, 0.1) is 10.3 Å². The molecule has 0 radical (unpaired) electrons. The Morgan fingerprint density at radius 1 is 1.10 bits per heavy atom. The topological polar surface area (TPSA) is 114 Å². The highest BCUT2D eigenvalue weighted by molar-refractivity contribution is 7.92. The number of hydrogen-bond donors (Lipinski definition) is 2. The van der Waals surface area contributed by atoms with Gasteiger partial charge in [0.2, 0.25) is 0 Å². The number of carboxylic acid groups (broad SMARTS) is 1. The summed E-state index contributed by atoms with van der Waals surface area (Å²) in [5.41, 5.74) is 2.88. The number of sulfonamides is 1. The van der Waals surface area contributed by atoms with E-state index in [1.54, 1.807) is 67.8 Å². The summed E-state index contributed by atoms with van der Waals surface area (Å²) in [7, 11) is -2.14. The van der Waals surface area contributed by atoms with Gasteiger partial charge in [-0.05, 0) is 48.4 Å².